The Morgan fingerprint density at radius 3 is 2.65 bits per heavy atom. The molecule has 2 saturated heterocycles. The smallest absolute Gasteiger partial charge is 0.239 e. The van der Waals surface area contributed by atoms with Gasteiger partial charge in [-0.05, 0) is 38.6 Å². The van der Waals surface area contributed by atoms with E-state index in [4.69, 9.17) is 0 Å². The summed E-state index contributed by atoms with van der Waals surface area (Å²) in [6, 6.07) is -0.0858. The standard InChI is InChI=1S/C13H25N3O3S/c1-20(18,19)15-10-11-6-3-5-9-16(11)13(17)12-7-2-4-8-14-12/h11-12,14-15H,2-10H2,1H3/t11?,12-/m0/s1. The molecule has 1 amide bonds. The highest BCUT2D eigenvalue weighted by atomic mass is 32.2. The number of rotatable bonds is 4. The summed E-state index contributed by atoms with van der Waals surface area (Å²) in [5, 5.41) is 3.28. The fraction of sp³-hybridized carbons (Fsp3) is 0.923. The molecule has 2 fully saturated rings. The lowest BCUT2D eigenvalue weighted by Crippen LogP contribution is -2.55. The zero-order valence-electron chi connectivity index (χ0n) is 12.1. The molecular formula is C13H25N3O3S. The minimum atomic E-state index is -3.20. The van der Waals surface area contributed by atoms with Crippen LogP contribution in [0.1, 0.15) is 38.5 Å². The number of likely N-dealkylation sites (tertiary alicyclic amines) is 1. The van der Waals surface area contributed by atoms with Crippen LogP contribution in [0.3, 0.4) is 0 Å². The van der Waals surface area contributed by atoms with Crippen molar-refractivity contribution < 1.29 is 13.2 Å². The Morgan fingerprint density at radius 1 is 1.25 bits per heavy atom. The highest BCUT2D eigenvalue weighted by Gasteiger charge is 2.32. The molecule has 116 valence electrons. The Morgan fingerprint density at radius 2 is 2.00 bits per heavy atom. The van der Waals surface area contributed by atoms with Crippen LogP contribution in [0.4, 0.5) is 0 Å². The fourth-order valence-electron chi connectivity index (χ4n) is 3.01. The topological polar surface area (TPSA) is 78.5 Å². The van der Waals surface area contributed by atoms with E-state index in [1.54, 1.807) is 0 Å². The maximum atomic E-state index is 12.6. The van der Waals surface area contributed by atoms with Gasteiger partial charge < -0.3 is 10.2 Å². The van der Waals surface area contributed by atoms with E-state index < -0.39 is 10.0 Å². The predicted molar refractivity (Wildman–Crippen MR) is 77.8 cm³/mol. The number of nitrogens with zero attached hydrogens (tertiary/aromatic N) is 1. The normalized spacial score (nSPS) is 28.4. The van der Waals surface area contributed by atoms with Crippen LogP contribution in [-0.4, -0.2) is 57.2 Å². The van der Waals surface area contributed by atoms with Crippen LogP contribution in [-0.2, 0) is 14.8 Å². The van der Waals surface area contributed by atoms with Crippen molar-refractivity contribution in [2.24, 2.45) is 0 Å². The second kappa shape index (κ2) is 6.87. The number of nitrogens with one attached hydrogen (secondary N) is 2. The maximum absolute atomic E-state index is 12.6. The number of sulfonamides is 1. The number of amides is 1. The van der Waals surface area contributed by atoms with E-state index in [0.717, 1.165) is 57.9 Å². The van der Waals surface area contributed by atoms with Crippen LogP contribution in [0.15, 0.2) is 0 Å². The first-order chi connectivity index (χ1) is 9.47. The van der Waals surface area contributed by atoms with Crippen molar-refractivity contribution >= 4 is 15.9 Å². The molecule has 0 aromatic heterocycles. The van der Waals surface area contributed by atoms with Gasteiger partial charge in [-0.2, -0.15) is 0 Å². The monoisotopic (exact) mass is 303 g/mol. The number of piperidine rings is 2. The van der Waals surface area contributed by atoms with Crippen molar-refractivity contribution in [1.29, 1.82) is 0 Å². The van der Waals surface area contributed by atoms with Crippen molar-refractivity contribution in [3.63, 3.8) is 0 Å². The quantitative estimate of drug-likeness (QED) is 0.770. The summed E-state index contributed by atoms with van der Waals surface area (Å²) in [6.07, 6.45) is 7.20. The molecule has 0 bridgehead atoms. The summed E-state index contributed by atoms with van der Waals surface area (Å²) >= 11 is 0. The van der Waals surface area contributed by atoms with Gasteiger partial charge in [0.15, 0.2) is 0 Å². The van der Waals surface area contributed by atoms with Crippen LogP contribution in [0.2, 0.25) is 0 Å². The Hall–Kier alpha value is -0.660. The molecule has 2 aliphatic rings. The molecule has 0 radical (unpaired) electrons. The minimum Gasteiger partial charge on any atom is -0.337 e. The third-order valence-corrected chi connectivity index (χ3v) is 4.79. The molecule has 2 rings (SSSR count). The van der Waals surface area contributed by atoms with Gasteiger partial charge in [-0.3, -0.25) is 4.79 Å². The van der Waals surface area contributed by atoms with Crippen LogP contribution in [0, 0.1) is 0 Å². The Bertz CT molecular complexity index is 432. The zero-order valence-corrected chi connectivity index (χ0v) is 12.9. The lowest BCUT2D eigenvalue weighted by atomic mass is 9.98. The zero-order chi connectivity index (χ0) is 14.6. The summed E-state index contributed by atoms with van der Waals surface area (Å²) in [6.45, 7) is 1.97. The van der Waals surface area contributed by atoms with E-state index >= 15 is 0 Å². The Labute approximate surface area is 121 Å². The lowest BCUT2D eigenvalue weighted by molar-refractivity contribution is -0.137. The second-order valence-electron chi connectivity index (χ2n) is 5.80. The summed E-state index contributed by atoms with van der Waals surface area (Å²) in [5.74, 6) is 0.143. The first-order valence-corrected chi connectivity index (χ1v) is 9.35. The lowest BCUT2D eigenvalue weighted by Gasteiger charge is -2.38. The van der Waals surface area contributed by atoms with Gasteiger partial charge in [0.2, 0.25) is 15.9 Å². The first-order valence-electron chi connectivity index (χ1n) is 7.46. The van der Waals surface area contributed by atoms with Gasteiger partial charge in [-0.15, -0.1) is 0 Å². The molecule has 7 heteroatoms. The van der Waals surface area contributed by atoms with Crippen LogP contribution in [0.25, 0.3) is 0 Å². The molecule has 1 unspecified atom stereocenters. The molecule has 0 aromatic carbocycles. The van der Waals surface area contributed by atoms with Gasteiger partial charge >= 0.3 is 0 Å². The number of hydrogen-bond donors (Lipinski definition) is 2. The first kappa shape index (κ1) is 15.7. The van der Waals surface area contributed by atoms with Crippen LogP contribution >= 0.6 is 0 Å². The van der Waals surface area contributed by atoms with Gasteiger partial charge in [-0.1, -0.05) is 6.42 Å². The summed E-state index contributed by atoms with van der Waals surface area (Å²) in [5.41, 5.74) is 0. The molecule has 0 spiro atoms. The van der Waals surface area contributed by atoms with Crippen molar-refractivity contribution in [2.75, 3.05) is 25.9 Å². The molecule has 2 atom stereocenters. The van der Waals surface area contributed by atoms with Crippen molar-refractivity contribution in [1.82, 2.24) is 14.9 Å². The van der Waals surface area contributed by atoms with Crippen molar-refractivity contribution in [3.05, 3.63) is 0 Å². The number of hydrogen-bond acceptors (Lipinski definition) is 4. The molecular weight excluding hydrogens is 278 g/mol. The van der Waals surface area contributed by atoms with Gasteiger partial charge in [-0.25, -0.2) is 13.1 Å². The summed E-state index contributed by atoms with van der Waals surface area (Å²) < 4.78 is 25.0. The average molecular weight is 303 g/mol. The molecule has 0 aromatic rings. The van der Waals surface area contributed by atoms with Crippen molar-refractivity contribution in [3.8, 4) is 0 Å². The van der Waals surface area contributed by atoms with E-state index in [9.17, 15) is 13.2 Å². The molecule has 0 saturated carbocycles. The van der Waals surface area contributed by atoms with Gasteiger partial charge in [0.05, 0.1) is 12.3 Å². The second-order valence-corrected chi connectivity index (χ2v) is 7.64. The maximum Gasteiger partial charge on any atom is 0.239 e. The van der Waals surface area contributed by atoms with E-state index in [1.807, 2.05) is 4.90 Å². The highest BCUT2D eigenvalue weighted by molar-refractivity contribution is 7.88. The summed E-state index contributed by atoms with van der Waals surface area (Å²) in [4.78, 5) is 14.5. The fourth-order valence-corrected chi connectivity index (χ4v) is 3.51. The molecule has 2 heterocycles. The molecule has 0 aliphatic carbocycles. The van der Waals surface area contributed by atoms with E-state index in [-0.39, 0.29) is 18.0 Å². The third-order valence-electron chi connectivity index (χ3n) is 4.10. The van der Waals surface area contributed by atoms with E-state index in [2.05, 4.69) is 10.0 Å². The number of carbonyl (C=O) groups is 1. The highest BCUT2D eigenvalue weighted by Crippen LogP contribution is 2.20. The third kappa shape index (κ3) is 4.43. The van der Waals surface area contributed by atoms with Crippen LogP contribution < -0.4 is 10.0 Å². The van der Waals surface area contributed by atoms with Gasteiger partial charge in [0.25, 0.3) is 0 Å². The van der Waals surface area contributed by atoms with E-state index in [1.165, 1.54) is 0 Å². The molecule has 20 heavy (non-hydrogen) atoms. The molecule has 6 nitrogen and oxygen atoms in total. The van der Waals surface area contributed by atoms with Crippen molar-refractivity contribution in [2.45, 2.75) is 50.6 Å². The average Bonchev–Trinajstić information content (AvgIpc) is 2.45. The Kier molecular flexibility index (Phi) is 5.40. The SMILES string of the molecule is CS(=O)(=O)NCC1CCCCN1C(=O)[C@@H]1CCCCN1. The molecule has 2 aliphatic heterocycles. The summed E-state index contributed by atoms with van der Waals surface area (Å²) in [7, 11) is -3.20. The Balaban J connectivity index is 1.96. The predicted octanol–water partition coefficient (Wildman–Crippen LogP) is 0.0588. The largest absolute Gasteiger partial charge is 0.337 e. The van der Waals surface area contributed by atoms with Crippen LogP contribution in [0.5, 0.6) is 0 Å². The number of carbonyl (C=O) groups excluding carboxylic acids is 1. The van der Waals surface area contributed by atoms with E-state index in [0.29, 0.717) is 6.54 Å². The van der Waals surface area contributed by atoms with Gasteiger partial charge in [0.1, 0.15) is 0 Å². The van der Waals surface area contributed by atoms with Gasteiger partial charge in [0, 0.05) is 19.1 Å². The minimum absolute atomic E-state index is 0.00491. The molecule has 2 N–H and O–H groups in total.